The van der Waals surface area contributed by atoms with Crippen molar-refractivity contribution in [3.05, 3.63) is 52.9 Å². The molecule has 1 aliphatic rings. The van der Waals surface area contributed by atoms with Gasteiger partial charge in [-0.05, 0) is 54.7 Å². The number of phenolic OH excluding ortho intramolecular Hbond substituents is 1. The number of aryl methyl sites for hydroxylation is 1. The average molecular weight is 345 g/mol. The van der Waals surface area contributed by atoms with E-state index in [2.05, 4.69) is 22.1 Å². The fourth-order valence-electron chi connectivity index (χ4n) is 3.55. The number of rotatable bonds is 2. The number of hydrogen-bond acceptors (Lipinski definition) is 4. The number of nitrogens with zero attached hydrogens (tertiary/aromatic N) is 2. The summed E-state index contributed by atoms with van der Waals surface area (Å²) in [6.07, 6.45) is 4.75. The molecular formula is C21H19N3O2. The Hall–Kier alpha value is -3.10. The number of aromatic amines is 1. The predicted octanol–water partition coefficient (Wildman–Crippen LogP) is 4.23. The number of pyridine rings is 1. The van der Waals surface area contributed by atoms with Gasteiger partial charge in [0.05, 0.1) is 18.8 Å². The lowest BCUT2D eigenvalue weighted by Gasteiger charge is -2.13. The number of phenols is 1. The van der Waals surface area contributed by atoms with E-state index in [0.717, 1.165) is 51.9 Å². The van der Waals surface area contributed by atoms with Crippen molar-refractivity contribution in [3.8, 4) is 22.9 Å². The van der Waals surface area contributed by atoms with Gasteiger partial charge in [0.15, 0.2) is 0 Å². The van der Waals surface area contributed by atoms with Crippen molar-refractivity contribution in [1.29, 1.82) is 5.26 Å². The number of nitrogens with one attached hydrogen (secondary N) is 1. The van der Waals surface area contributed by atoms with Crippen LogP contribution in [0.15, 0.2) is 30.5 Å². The Bertz CT molecular complexity index is 1090. The highest BCUT2D eigenvalue weighted by Gasteiger charge is 2.18. The fraction of sp³-hybridized carbons (Fsp3) is 0.238. The summed E-state index contributed by atoms with van der Waals surface area (Å²) in [5, 5.41) is 20.7. The molecule has 0 bridgehead atoms. The number of benzene rings is 1. The van der Waals surface area contributed by atoms with E-state index in [-0.39, 0.29) is 5.75 Å². The van der Waals surface area contributed by atoms with Gasteiger partial charge in [0.1, 0.15) is 17.5 Å². The maximum absolute atomic E-state index is 10.1. The minimum absolute atomic E-state index is 0.217. The molecule has 3 aromatic rings. The van der Waals surface area contributed by atoms with E-state index < -0.39 is 0 Å². The molecule has 5 nitrogen and oxygen atoms in total. The van der Waals surface area contributed by atoms with E-state index in [1.54, 1.807) is 12.3 Å². The van der Waals surface area contributed by atoms with E-state index >= 15 is 0 Å². The second-order valence-electron chi connectivity index (χ2n) is 6.58. The standard InChI is InChI=1S/C21H19N3O2/c1-12-5-6-19(25)13(2)20(12)17-10-23-21-15(16(17)9-22)8-18(24-21)14-4-3-7-26-11-14/h4-6,8,10,25H,3,7,11H2,1-2H3,(H,23,24). The van der Waals surface area contributed by atoms with E-state index in [0.29, 0.717) is 17.8 Å². The van der Waals surface area contributed by atoms with Crippen molar-refractivity contribution < 1.29 is 9.84 Å². The van der Waals surface area contributed by atoms with Crippen molar-refractivity contribution in [2.24, 2.45) is 0 Å². The van der Waals surface area contributed by atoms with Crippen molar-refractivity contribution in [2.75, 3.05) is 13.2 Å². The Morgan fingerprint density at radius 1 is 1.31 bits per heavy atom. The van der Waals surface area contributed by atoms with Gasteiger partial charge < -0.3 is 14.8 Å². The molecule has 0 unspecified atom stereocenters. The first-order valence-corrected chi connectivity index (χ1v) is 8.58. The molecule has 0 aliphatic carbocycles. The van der Waals surface area contributed by atoms with E-state index in [1.165, 1.54) is 0 Å². The van der Waals surface area contributed by atoms with Crippen LogP contribution in [-0.2, 0) is 4.74 Å². The smallest absolute Gasteiger partial charge is 0.139 e. The zero-order chi connectivity index (χ0) is 18.3. The molecule has 5 heteroatoms. The van der Waals surface area contributed by atoms with Gasteiger partial charge in [-0.2, -0.15) is 5.26 Å². The number of aromatic hydroxyl groups is 1. The van der Waals surface area contributed by atoms with Gasteiger partial charge in [0.2, 0.25) is 0 Å². The highest BCUT2D eigenvalue weighted by molar-refractivity contribution is 5.93. The third-order valence-corrected chi connectivity index (χ3v) is 4.94. The van der Waals surface area contributed by atoms with Crippen molar-refractivity contribution in [1.82, 2.24) is 9.97 Å². The first-order chi connectivity index (χ1) is 12.6. The number of ether oxygens (including phenoxy) is 1. The Morgan fingerprint density at radius 3 is 2.88 bits per heavy atom. The number of nitriles is 1. The Balaban J connectivity index is 1.95. The minimum Gasteiger partial charge on any atom is -0.508 e. The number of hydrogen-bond donors (Lipinski definition) is 2. The highest BCUT2D eigenvalue weighted by Crippen LogP contribution is 2.37. The second-order valence-corrected chi connectivity index (χ2v) is 6.58. The van der Waals surface area contributed by atoms with E-state index in [9.17, 15) is 10.4 Å². The lowest BCUT2D eigenvalue weighted by atomic mass is 9.92. The summed E-state index contributed by atoms with van der Waals surface area (Å²) in [5.41, 5.74) is 6.62. The summed E-state index contributed by atoms with van der Waals surface area (Å²) in [6.45, 7) is 5.13. The number of aromatic nitrogens is 2. The molecule has 2 aromatic heterocycles. The van der Waals surface area contributed by atoms with Crippen molar-refractivity contribution >= 4 is 16.6 Å². The SMILES string of the molecule is Cc1ccc(O)c(C)c1-c1cnc2[nH]c(C3=CCCOC3)cc2c1C#N. The highest BCUT2D eigenvalue weighted by atomic mass is 16.5. The van der Waals surface area contributed by atoms with Gasteiger partial charge in [0.25, 0.3) is 0 Å². The van der Waals surface area contributed by atoms with Crippen LogP contribution in [0.2, 0.25) is 0 Å². The molecule has 130 valence electrons. The molecule has 0 amide bonds. The van der Waals surface area contributed by atoms with Crippen LogP contribution < -0.4 is 0 Å². The lowest BCUT2D eigenvalue weighted by molar-refractivity contribution is 0.164. The summed E-state index contributed by atoms with van der Waals surface area (Å²) in [5.74, 6) is 0.217. The average Bonchev–Trinajstić information content (AvgIpc) is 3.10. The monoisotopic (exact) mass is 345 g/mol. The van der Waals surface area contributed by atoms with Crippen LogP contribution in [0.1, 0.15) is 28.8 Å². The van der Waals surface area contributed by atoms with Crippen molar-refractivity contribution in [3.63, 3.8) is 0 Å². The molecule has 4 rings (SSSR count). The first kappa shape index (κ1) is 16.4. The van der Waals surface area contributed by atoms with Gasteiger partial charge in [-0.25, -0.2) is 4.98 Å². The molecule has 0 spiro atoms. The van der Waals surface area contributed by atoms with Crippen LogP contribution in [0.25, 0.3) is 27.7 Å². The van der Waals surface area contributed by atoms with Crippen molar-refractivity contribution in [2.45, 2.75) is 20.3 Å². The van der Waals surface area contributed by atoms with Crippen LogP contribution in [0.4, 0.5) is 0 Å². The molecule has 1 aliphatic heterocycles. The van der Waals surface area contributed by atoms with E-state index in [1.807, 2.05) is 26.0 Å². The van der Waals surface area contributed by atoms with Gasteiger partial charge in [-0.3, -0.25) is 0 Å². The van der Waals surface area contributed by atoms with Crippen LogP contribution >= 0.6 is 0 Å². The summed E-state index contributed by atoms with van der Waals surface area (Å²) < 4.78 is 5.53. The Morgan fingerprint density at radius 2 is 2.15 bits per heavy atom. The Kier molecular flexibility index (Phi) is 3.98. The molecule has 26 heavy (non-hydrogen) atoms. The normalized spacial score (nSPS) is 14.3. The third kappa shape index (κ3) is 2.56. The van der Waals surface area contributed by atoms with Gasteiger partial charge in [0, 0.05) is 22.8 Å². The van der Waals surface area contributed by atoms with Crippen LogP contribution in [-0.4, -0.2) is 28.3 Å². The molecule has 0 saturated carbocycles. The molecule has 0 radical (unpaired) electrons. The maximum Gasteiger partial charge on any atom is 0.139 e. The summed E-state index contributed by atoms with van der Waals surface area (Å²) >= 11 is 0. The third-order valence-electron chi connectivity index (χ3n) is 4.94. The van der Waals surface area contributed by atoms with Gasteiger partial charge in [-0.15, -0.1) is 0 Å². The Labute approximate surface area is 151 Å². The maximum atomic E-state index is 10.1. The molecule has 3 heterocycles. The van der Waals surface area contributed by atoms with Gasteiger partial charge >= 0.3 is 0 Å². The molecule has 0 fully saturated rings. The fourth-order valence-corrected chi connectivity index (χ4v) is 3.55. The molecular weight excluding hydrogens is 326 g/mol. The predicted molar refractivity (Wildman–Crippen MR) is 101 cm³/mol. The van der Waals surface area contributed by atoms with Crippen LogP contribution in [0.5, 0.6) is 5.75 Å². The largest absolute Gasteiger partial charge is 0.508 e. The number of fused-ring (bicyclic) bond motifs is 1. The molecule has 0 saturated heterocycles. The first-order valence-electron chi connectivity index (χ1n) is 8.58. The molecule has 1 aromatic carbocycles. The number of H-pyrrole nitrogens is 1. The summed E-state index contributed by atoms with van der Waals surface area (Å²) in [6, 6.07) is 7.84. The molecule has 0 atom stereocenters. The summed E-state index contributed by atoms with van der Waals surface area (Å²) in [4.78, 5) is 7.84. The van der Waals surface area contributed by atoms with E-state index in [4.69, 9.17) is 4.74 Å². The van der Waals surface area contributed by atoms with Gasteiger partial charge in [-0.1, -0.05) is 12.1 Å². The van der Waals surface area contributed by atoms with Crippen LogP contribution in [0.3, 0.4) is 0 Å². The zero-order valence-corrected chi connectivity index (χ0v) is 14.8. The van der Waals surface area contributed by atoms with Crippen LogP contribution in [0, 0.1) is 25.2 Å². The topological polar surface area (TPSA) is 81.9 Å². The summed E-state index contributed by atoms with van der Waals surface area (Å²) in [7, 11) is 0. The quantitative estimate of drug-likeness (QED) is 0.728. The minimum atomic E-state index is 0.217. The molecule has 2 N–H and O–H groups in total. The zero-order valence-electron chi connectivity index (χ0n) is 14.8. The lowest BCUT2D eigenvalue weighted by Crippen LogP contribution is -2.05. The second kappa shape index (κ2) is 6.32.